The van der Waals surface area contributed by atoms with Crippen molar-refractivity contribution in [2.45, 2.75) is 13.0 Å². The van der Waals surface area contributed by atoms with Gasteiger partial charge in [0, 0.05) is 27.8 Å². The van der Waals surface area contributed by atoms with Crippen molar-refractivity contribution in [2.75, 3.05) is 12.4 Å². The van der Waals surface area contributed by atoms with Gasteiger partial charge in [-0.25, -0.2) is 4.79 Å². The van der Waals surface area contributed by atoms with E-state index in [4.69, 9.17) is 9.47 Å². The normalized spacial score (nSPS) is 12.7. The highest BCUT2D eigenvalue weighted by atomic mass is 16.5. The number of hydrogen-bond donors (Lipinski definition) is 1. The molecule has 0 saturated carbocycles. The molecule has 38 heavy (non-hydrogen) atoms. The standard InChI is InChI=1S/C31H23NO6/c1-18-15-16-25(37-2)24(17-18)32-30(35)29(19-9-4-3-5-10-19)38-31(36)23-14-8-13-22-26(23)28(34)21-12-7-6-11-20(21)27(22)33/h3-17,29H,1-2H3,(H,32,35). The van der Waals surface area contributed by atoms with Crippen molar-refractivity contribution in [2.24, 2.45) is 0 Å². The molecule has 7 heteroatoms. The van der Waals surface area contributed by atoms with E-state index in [-0.39, 0.29) is 33.6 Å². The molecule has 1 atom stereocenters. The van der Waals surface area contributed by atoms with Gasteiger partial charge in [-0.05, 0) is 30.7 Å². The second-order valence-electron chi connectivity index (χ2n) is 8.82. The monoisotopic (exact) mass is 505 g/mol. The van der Waals surface area contributed by atoms with Crippen LogP contribution in [0.25, 0.3) is 0 Å². The van der Waals surface area contributed by atoms with Crippen LogP contribution in [0.3, 0.4) is 0 Å². The SMILES string of the molecule is COc1ccc(C)cc1NC(=O)C(OC(=O)c1cccc2c1C(=O)c1ccccc1C2=O)c1ccccc1. The molecule has 0 radical (unpaired) electrons. The minimum Gasteiger partial charge on any atom is -0.495 e. The molecule has 4 aromatic carbocycles. The molecule has 0 bridgehead atoms. The number of rotatable bonds is 6. The first-order chi connectivity index (χ1) is 18.4. The lowest BCUT2D eigenvalue weighted by Gasteiger charge is -2.22. The molecule has 1 aliphatic rings. The number of ketones is 2. The number of carbonyl (C=O) groups excluding carboxylic acids is 4. The van der Waals surface area contributed by atoms with Crippen LogP contribution in [-0.4, -0.2) is 30.6 Å². The molecule has 0 aromatic heterocycles. The van der Waals surface area contributed by atoms with Crippen LogP contribution >= 0.6 is 0 Å². The van der Waals surface area contributed by atoms with E-state index in [1.165, 1.54) is 25.3 Å². The van der Waals surface area contributed by atoms with Gasteiger partial charge < -0.3 is 14.8 Å². The van der Waals surface area contributed by atoms with Crippen molar-refractivity contribution < 1.29 is 28.7 Å². The van der Waals surface area contributed by atoms with E-state index in [0.717, 1.165) is 5.56 Å². The van der Waals surface area contributed by atoms with Gasteiger partial charge in [-0.2, -0.15) is 0 Å². The molecule has 188 valence electrons. The van der Waals surface area contributed by atoms with E-state index in [1.807, 2.05) is 13.0 Å². The molecule has 0 heterocycles. The largest absolute Gasteiger partial charge is 0.495 e. The molecule has 0 saturated heterocycles. The molecule has 5 rings (SSSR count). The van der Waals surface area contributed by atoms with Crippen LogP contribution < -0.4 is 10.1 Å². The van der Waals surface area contributed by atoms with Gasteiger partial charge in [-0.1, -0.05) is 72.8 Å². The molecule has 1 amide bonds. The lowest BCUT2D eigenvalue weighted by molar-refractivity contribution is -0.125. The maximum Gasteiger partial charge on any atom is 0.340 e. The summed E-state index contributed by atoms with van der Waals surface area (Å²) in [5.41, 5.74) is 2.25. The van der Waals surface area contributed by atoms with Gasteiger partial charge >= 0.3 is 5.97 Å². The number of benzene rings is 4. The summed E-state index contributed by atoms with van der Waals surface area (Å²) in [5.74, 6) is -1.86. The van der Waals surface area contributed by atoms with Crippen molar-refractivity contribution in [1.29, 1.82) is 0 Å². The Morgan fingerprint density at radius 1 is 0.763 bits per heavy atom. The highest BCUT2D eigenvalue weighted by Gasteiger charge is 2.35. The molecule has 0 fully saturated rings. The van der Waals surface area contributed by atoms with E-state index < -0.39 is 23.8 Å². The third-order valence-corrected chi connectivity index (χ3v) is 6.35. The number of hydrogen-bond acceptors (Lipinski definition) is 6. The van der Waals surface area contributed by atoms with Gasteiger partial charge in [0.1, 0.15) is 5.75 Å². The van der Waals surface area contributed by atoms with Crippen molar-refractivity contribution in [3.8, 4) is 5.75 Å². The summed E-state index contributed by atoms with van der Waals surface area (Å²) in [6, 6.07) is 24.8. The van der Waals surface area contributed by atoms with Gasteiger partial charge in [0.15, 0.2) is 11.6 Å². The molecule has 1 N–H and O–H groups in total. The number of nitrogens with one attached hydrogen (secondary N) is 1. The minimum atomic E-state index is -1.34. The first-order valence-corrected chi connectivity index (χ1v) is 11.9. The quantitative estimate of drug-likeness (QED) is 0.314. The van der Waals surface area contributed by atoms with E-state index >= 15 is 0 Å². The summed E-state index contributed by atoms with van der Waals surface area (Å²) in [7, 11) is 1.49. The minimum absolute atomic E-state index is 0.0335. The number of aryl methyl sites for hydroxylation is 1. The van der Waals surface area contributed by atoms with Gasteiger partial charge in [0.25, 0.3) is 5.91 Å². The van der Waals surface area contributed by atoms with Gasteiger partial charge in [-0.3, -0.25) is 14.4 Å². The highest BCUT2D eigenvalue weighted by Crippen LogP contribution is 2.32. The third-order valence-electron chi connectivity index (χ3n) is 6.35. The zero-order valence-electron chi connectivity index (χ0n) is 20.7. The van der Waals surface area contributed by atoms with E-state index in [1.54, 1.807) is 66.7 Å². The first kappa shape index (κ1) is 24.6. The number of methoxy groups -OCH3 is 1. The molecular formula is C31H23NO6. The Labute approximate surface area is 219 Å². The van der Waals surface area contributed by atoms with E-state index in [9.17, 15) is 19.2 Å². The van der Waals surface area contributed by atoms with Gasteiger partial charge in [-0.15, -0.1) is 0 Å². The molecule has 0 spiro atoms. The highest BCUT2D eigenvalue weighted by molar-refractivity contribution is 6.30. The lowest BCUT2D eigenvalue weighted by atomic mass is 9.82. The van der Waals surface area contributed by atoms with Gasteiger partial charge in [0.05, 0.1) is 18.4 Å². The number of fused-ring (bicyclic) bond motifs is 2. The van der Waals surface area contributed by atoms with Crippen LogP contribution in [0.5, 0.6) is 5.75 Å². The zero-order valence-corrected chi connectivity index (χ0v) is 20.7. The first-order valence-electron chi connectivity index (χ1n) is 11.9. The van der Waals surface area contributed by atoms with E-state index in [0.29, 0.717) is 17.0 Å². The Hall–Kier alpha value is -5.04. The molecule has 4 aromatic rings. The summed E-state index contributed by atoms with van der Waals surface area (Å²) < 4.78 is 11.1. The van der Waals surface area contributed by atoms with Crippen LogP contribution in [0, 0.1) is 6.92 Å². The predicted octanol–water partition coefficient (Wildman–Crippen LogP) is 5.32. The summed E-state index contributed by atoms with van der Waals surface area (Å²) in [6.45, 7) is 1.87. The average Bonchev–Trinajstić information content (AvgIpc) is 2.94. The van der Waals surface area contributed by atoms with Crippen molar-refractivity contribution >= 4 is 29.1 Å². The summed E-state index contributed by atoms with van der Waals surface area (Å²) in [5, 5.41) is 2.79. The van der Waals surface area contributed by atoms with Crippen LogP contribution in [0.15, 0.2) is 91.0 Å². The molecule has 1 unspecified atom stereocenters. The lowest BCUT2D eigenvalue weighted by Crippen LogP contribution is -2.28. The van der Waals surface area contributed by atoms with Crippen molar-refractivity contribution in [1.82, 2.24) is 0 Å². The number of esters is 1. The summed E-state index contributed by atoms with van der Waals surface area (Å²) in [6.07, 6.45) is -1.34. The van der Waals surface area contributed by atoms with Crippen LogP contribution in [0.4, 0.5) is 5.69 Å². The summed E-state index contributed by atoms with van der Waals surface area (Å²) >= 11 is 0. The second kappa shape index (κ2) is 10.1. The molecule has 0 aliphatic heterocycles. The summed E-state index contributed by atoms with van der Waals surface area (Å²) in [4.78, 5) is 53.4. The fourth-order valence-corrected chi connectivity index (χ4v) is 4.50. The fraction of sp³-hybridized carbons (Fsp3) is 0.0968. The number of carbonyl (C=O) groups is 4. The Morgan fingerprint density at radius 2 is 1.42 bits per heavy atom. The van der Waals surface area contributed by atoms with Crippen LogP contribution in [0.2, 0.25) is 0 Å². The van der Waals surface area contributed by atoms with Crippen molar-refractivity contribution in [3.05, 3.63) is 130 Å². The van der Waals surface area contributed by atoms with Crippen LogP contribution in [-0.2, 0) is 9.53 Å². The Balaban J connectivity index is 1.51. The fourth-order valence-electron chi connectivity index (χ4n) is 4.50. The smallest absolute Gasteiger partial charge is 0.340 e. The Kier molecular flexibility index (Phi) is 6.58. The third kappa shape index (κ3) is 4.46. The predicted molar refractivity (Wildman–Crippen MR) is 141 cm³/mol. The Morgan fingerprint density at radius 3 is 2.13 bits per heavy atom. The number of anilines is 1. The average molecular weight is 506 g/mol. The van der Waals surface area contributed by atoms with Crippen LogP contribution in [0.1, 0.15) is 59.4 Å². The molecule has 7 nitrogen and oxygen atoms in total. The van der Waals surface area contributed by atoms with Gasteiger partial charge in [0.2, 0.25) is 6.10 Å². The maximum atomic E-state index is 13.5. The number of ether oxygens (including phenoxy) is 2. The molecule has 1 aliphatic carbocycles. The maximum absolute atomic E-state index is 13.5. The van der Waals surface area contributed by atoms with E-state index in [2.05, 4.69) is 5.32 Å². The Bertz CT molecular complexity index is 1590. The second-order valence-corrected chi connectivity index (χ2v) is 8.82. The molecular weight excluding hydrogens is 482 g/mol. The zero-order chi connectivity index (χ0) is 26.8. The topological polar surface area (TPSA) is 98.8 Å². The number of amides is 1. The van der Waals surface area contributed by atoms with Crippen molar-refractivity contribution in [3.63, 3.8) is 0 Å².